The highest BCUT2D eigenvalue weighted by Gasteiger charge is 2.07. The maximum Gasteiger partial charge on any atom is 0.0540 e. The normalized spacial score (nSPS) is 14.2. The lowest BCUT2D eigenvalue weighted by Gasteiger charge is -2.13. The average molecular weight is 315 g/mol. The van der Waals surface area contributed by atoms with E-state index in [1.807, 2.05) is 0 Å². The quantitative estimate of drug-likeness (QED) is 0.324. The summed E-state index contributed by atoms with van der Waals surface area (Å²) in [6, 6.07) is 0. The van der Waals surface area contributed by atoms with Crippen molar-refractivity contribution in [2.45, 2.75) is 129 Å². The minimum atomic E-state index is -0.153. The molecule has 2 atom stereocenters. The molecule has 2 heteroatoms. The fourth-order valence-corrected chi connectivity index (χ4v) is 3.01. The van der Waals surface area contributed by atoms with E-state index < -0.39 is 0 Å². The first-order valence-corrected chi connectivity index (χ1v) is 10.1. The first-order valence-electron chi connectivity index (χ1n) is 10.1. The van der Waals surface area contributed by atoms with Crippen LogP contribution in [0.3, 0.4) is 0 Å². The molecule has 0 spiro atoms. The van der Waals surface area contributed by atoms with E-state index in [2.05, 4.69) is 13.8 Å². The molecule has 0 bridgehead atoms. The van der Waals surface area contributed by atoms with Gasteiger partial charge in [-0.2, -0.15) is 0 Å². The molecule has 134 valence electrons. The summed E-state index contributed by atoms with van der Waals surface area (Å²) in [5.41, 5.74) is 0. The van der Waals surface area contributed by atoms with Crippen LogP contribution in [0.5, 0.6) is 0 Å². The SMILES string of the molecule is CCCCCCCCCCCC(O)CCCC(O)CCCC. The van der Waals surface area contributed by atoms with Gasteiger partial charge in [0.15, 0.2) is 0 Å². The zero-order chi connectivity index (χ0) is 16.5. The van der Waals surface area contributed by atoms with Gasteiger partial charge in [0.1, 0.15) is 0 Å². The fourth-order valence-electron chi connectivity index (χ4n) is 3.01. The fraction of sp³-hybridized carbons (Fsp3) is 1.00. The molecule has 0 aromatic heterocycles. The molecule has 2 unspecified atom stereocenters. The van der Waals surface area contributed by atoms with Crippen LogP contribution in [0.1, 0.15) is 117 Å². The number of hydrogen-bond acceptors (Lipinski definition) is 2. The van der Waals surface area contributed by atoms with E-state index in [9.17, 15) is 10.2 Å². The lowest BCUT2D eigenvalue weighted by atomic mass is 10.0. The lowest BCUT2D eigenvalue weighted by molar-refractivity contribution is 0.121. The topological polar surface area (TPSA) is 40.5 Å². The third kappa shape index (κ3) is 16.3. The predicted molar refractivity (Wildman–Crippen MR) is 97.2 cm³/mol. The Morgan fingerprint density at radius 2 is 0.818 bits per heavy atom. The van der Waals surface area contributed by atoms with Crippen LogP contribution in [-0.2, 0) is 0 Å². The zero-order valence-electron chi connectivity index (χ0n) is 15.4. The van der Waals surface area contributed by atoms with Crippen LogP contribution < -0.4 is 0 Å². The van der Waals surface area contributed by atoms with Crippen molar-refractivity contribution in [2.24, 2.45) is 0 Å². The molecule has 0 aromatic rings. The number of unbranched alkanes of at least 4 members (excludes halogenated alkanes) is 9. The number of aliphatic hydroxyl groups excluding tert-OH is 2. The van der Waals surface area contributed by atoms with Gasteiger partial charge in [-0.1, -0.05) is 84.5 Å². The average Bonchev–Trinajstić information content (AvgIpc) is 2.51. The van der Waals surface area contributed by atoms with E-state index in [1.165, 1.54) is 51.4 Å². The lowest BCUT2D eigenvalue weighted by Crippen LogP contribution is -2.10. The molecule has 0 aliphatic heterocycles. The molecule has 0 saturated carbocycles. The Morgan fingerprint density at radius 3 is 1.32 bits per heavy atom. The van der Waals surface area contributed by atoms with E-state index in [0.717, 1.165) is 51.4 Å². The highest BCUT2D eigenvalue weighted by atomic mass is 16.3. The molecule has 0 heterocycles. The first-order chi connectivity index (χ1) is 10.7. The second kappa shape index (κ2) is 17.3. The molecule has 0 aliphatic rings. The highest BCUT2D eigenvalue weighted by Crippen LogP contribution is 2.15. The summed E-state index contributed by atoms with van der Waals surface area (Å²) in [6.07, 6.45) is 18.5. The third-order valence-electron chi connectivity index (χ3n) is 4.61. The molecule has 0 radical (unpaired) electrons. The summed E-state index contributed by atoms with van der Waals surface area (Å²) < 4.78 is 0. The summed E-state index contributed by atoms with van der Waals surface area (Å²) >= 11 is 0. The van der Waals surface area contributed by atoms with Crippen molar-refractivity contribution in [3.63, 3.8) is 0 Å². The van der Waals surface area contributed by atoms with Crippen LogP contribution in [0.2, 0.25) is 0 Å². The molecular formula is C20H42O2. The van der Waals surface area contributed by atoms with E-state index in [1.54, 1.807) is 0 Å². The van der Waals surface area contributed by atoms with Crippen molar-refractivity contribution >= 4 is 0 Å². The smallest absolute Gasteiger partial charge is 0.0540 e. The Bertz CT molecular complexity index is 206. The second-order valence-electron chi connectivity index (χ2n) is 7.00. The van der Waals surface area contributed by atoms with Gasteiger partial charge in [0.25, 0.3) is 0 Å². The van der Waals surface area contributed by atoms with Crippen molar-refractivity contribution < 1.29 is 10.2 Å². The summed E-state index contributed by atoms with van der Waals surface area (Å²) in [5.74, 6) is 0. The Morgan fingerprint density at radius 1 is 0.455 bits per heavy atom. The second-order valence-corrected chi connectivity index (χ2v) is 7.00. The molecule has 0 aromatic carbocycles. The van der Waals surface area contributed by atoms with E-state index in [4.69, 9.17) is 0 Å². The standard InChI is InChI=1S/C20H42O2/c1-3-5-7-8-9-10-11-12-13-16-20(22)18-14-17-19(21)15-6-4-2/h19-22H,3-18H2,1-2H3. The van der Waals surface area contributed by atoms with E-state index in [-0.39, 0.29) is 12.2 Å². The van der Waals surface area contributed by atoms with Gasteiger partial charge in [-0.3, -0.25) is 0 Å². The third-order valence-corrected chi connectivity index (χ3v) is 4.61. The van der Waals surface area contributed by atoms with Gasteiger partial charge in [0.2, 0.25) is 0 Å². The van der Waals surface area contributed by atoms with Crippen LogP contribution in [-0.4, -0.2) is 22.4 Å². The van der Waals surface area contributed by atoms with E-state index in [0.29, 0.717) is 0 Å². The summed E-state index contributed by atoms with van der Waals surface area (Å²) in [6.45, 7) is 4.42. The largest absolute Gasteiger partial charge is 0.393 e. The van der Waals surface area contributed by atoms with Gasteiger partial charge in [0.05, 0.1) is 12.2 Å². The minimum Gasteiger partial charge on any atom is -0.393 e. The van der Waals surface area contributed by atoms with Gasteiger partial charge in [-0.15, -0.1) is 0 Å². The molecule has 0 saturated heterocycles. The van der Waals surface area contributed by atoms with Gasteiger partial charge in [-0.25, -0.2) is 0 Å². The minimum absolute atomic E-state index is 0.150. The predicted octanol–water partition coefficient (Wildman–Crippen LogP) is 5.99. The van der Waals surface area contributed by atoms with Crippen molar-refractivity contribution in [1.29, 1.82) is 0 Å². The van der Waals surface area contributed by atoms with Crippen molar-refractivity contribution in [3.8, 4) is 0 Å². The number of rotatable bonds is 17. The van der Waals surface area contributed by atoms with Crippen LogP contribution >= 0.6 is 0 Å². The Hall–Kier alpha value is -0.0800. The Labute approximate surface area is 139 Å². The molecule has 0 amide bonds. The molecule has 0 rings (SSSR count). The highest BCUT2D eigenvalue weighted by molar-refractivity contribution is 4.61. The summed E-state index contributed by atoms with van der Waals surface area (Å²) in [7, 11) is 0. The molecule has 0 aliphatic carbocycles. The van der Waals surface area contributed by atoms with E-state index >= 15 is 0 Å². The monoisotopic (exact) mass is 314 g/mol. The summed E-state index contributed by atoms with van der Waals surface area (Å²) in [5, 5.41) is 19.7. The van der Waals surface area contributed by atoms with Crippen LogP contribution in [0.4, 0.5) is 0 Å². The first kappa shape index (κ1) is 21.9. The Kier molecular flexibility index (Phi) is 17.2. The van der Waals surface area contributed by atoms with Crippen molar-refractivity contribution in [2.75, 3.05) is 0 Å². The molecule has 22 heavy (non-hydrogen) atoms. The van der Waals surface area contributed by atoms with Crippen molar-refractivity contribution in [3.05, 3.63) is 0 Å². The van der Waals surface area contributed by atoms with Crippen molar-refractivity contribution in [1.82, 2.24) is 0 Å². The molecule has 0 fully saturated rings. The maximum absolute atomic E-state index is 9.96. The summed E-state index contributed by atoms with van der Waals surface area (Å²) in [4.78, 5) is 0. The number of hydrogen-bond donors (Lipinski definition) is 2. The van der Waals surface area contributed by atoms with Crippen LogP contribution in [0, 0.1) is 0 Å². The molecular weight excluding hydrogens is 272 g/mol. The maximum atomic E-state index is 9.96. The van der Waals surface area contributed by atoms with Gasteiger partial charge in [0, 0.05) is 0 Å². The number of aliphatic hydroxyl groups is 2. The van der Waals surface area contributed by atoms with Gasteiger partial charge in [-0.05, 0) is 32.1 Å². The van der Waals surface area contributed by atoms with Crippen LogP contribution in [0.25, 0.3) is 0 Å². The molecule has 2 N–H and O–H groups in total. The molecule has 2 nitrogen and oxygen atoms in total. The van der Waals surface area contributed by atoms with Gasteiger partial charge < -0.3 is 10.2 Å². The zero-order valence-corrected chi connectivity index (χ0v) is 15.4. The van der Waals surface area contributed by atoms with Gasteiger partial charge >= 0.3 is 0 Å². The van der Waals surface area contributed by atoms with Crippen LogP contribution in [0.15, 0.2) is 0 Å². The Balaban J connectivity index is 3.23.